The molecule has 0 aromatic rings. The normalized spacial score (nSPS) is 30.6. The average Bonchev–Trinajstić information content (AvgIpc) is 2.72. The second-order valence-electron chi connectivity index (χ2n) is 5.85. The van der Waals surface area contributed by atoms with Crippen molar-refractivity contribution in [2.75, 3.05) is 0 Å². The van der Waals surface area contributed by atoms with Crippen molar-refractivity contribution < 1.29 is 9.59 Å². The Balaban J connectivity index is 2.21. The van der Waals surface area contributed by atoms with E-state index in [9.17, 15) is 9.59 Å². The van der Waals surface area contributed by atoms with Gasteiger partial charge in [0.05, 0.1) is 0 Å². The fourth-order valence-corrected chi connectivity index (χ4v) is 3.00. The van der Waals surface area contributed by atoms with Crippen molar-refractivity contribution in [3.63, 3.8) is 0 Å². The summed E-state index contributed by atoms with van der Waals surface area (Å²) in [5.41, 5.74) is 0.157. The zero-order chi connectivity index (χ0) is 11.9. The summed E-state index contributed by atoms with van der Waals surface area (Å²) in [7, 11) is 0. The predicted octanol–water partition coefficient (Wildman–Crippen LogP) is 2.13. The zero-order valence-corrected chi connectivity index (χ0v) is 10.2. The van der Waals surface area contributed by atoms with Gasteiger partial charge in [-0.05, 0) is 24.2 Å². The summed E-state index contributed by atoms with van der Waals surface area (Å²) in [5, 5.41) is 0. The van der Waals surface area contributed by atoms with Crippen LogP contribution in [0, 0.1) is 11.3 Å². The quantitative estimate of drug-likeness (QED) is 0.636. The maximum atomic E-state index is 11.7. The predicted molar refractivity (Wildman–Crippen MR) is 61.6 cm³/mol. The number of rotatable bonds is 1. The Hall–Kier alpha value is -1.12. The highest BCUT2D eigenvalue weighted by atomic mass is 16.2. The van der Waals surface area contributed by atoms with Crippen LogP contribution in [-0.2, 0) is 9.59 Å². The van der Waals surface area contributed by atoms with Crippen LogP contribution in [0.25, 0.3) is 0 Å². The summed E-state index contributed by atoms with van der Waals surface area (Å²) in [4.78, 5) is 24.8. The number of hydrogen-bond acceptors (Lipinski definition) is 2. The van der Waals surface area contributed by atoms with E-state index in [1.807, 2.05) is 0 Å². The van der Waals surface area contributed by atoms with Crippen molar-refractivity contribution in [1.82, 2.24) is 4.90 Å². The first kappa shape index (κ1) is 11.4. The SMILES string of the molecule is CC(C)(C)[C@@H]1CCC[C@@H]1N1C(=O)C=CC1=O. The molecule has 1 aliphatic heterocycles. The minimum absolute atomic E-state index is 0.106. The van der Waals surface area contributed by atoms with Gasteiger partial charge in [-0.3, -0.25) is 14.5 Å². The summed E-state index contributed by atoms with van der Waals surface area (Å²) in [6, 6.07) is 0.106. The van der Waals surface area contributed by atoms with Crippen LogP contribution in [0.3, 0.4) is 0 Å². The highest BCUT2D eigenvalue weighted by molar-refractivity contribution is 6.13. The maximum absolute atomic E-state index is 11.7. The molecule has 1 fully saturated rings. The minimum atomic E-state index is -0.133. The summed E-state index contributed by atoms with van der Waals surface area (Å²) < 4.78 is 0. The van der Waals surface area contributed by atoms with Gasteiger partial charge in [0.15, 0.2) is 0 Å². The third kappa shape index (κ3) is 1.79. The van der Waals surface area contributed by atoms with Gasteiger partial charge >= 0.3 is 0 Å². The molecular formula is C13H19NO2. The first-order valence-corrected chi connectivity index (χ1v) is 5.96. The van der Waals surface area contributed by atoms with Crippen LogP contribution in [0.15, 0.2) is 12.2 Å². The summed E-state index contributed by atoms with van der Waals surface area (Å²) >= 11 is 0. The Bertz CT molecular complexity index is 333. The molecule has 1 aliphatic carbocycles. The molecule has 0 aromatic carbocycles. The van der Waals surface area contributed by atoms with Crippen molar-refractivity contribution in [3.05, 3.63) is 12.2 Å². The van der Waals surface area contributed by atoms with Crippen molar-refractivity contribution in [2.45, 2.75) is 46.1 Å². The van der Waals surface area contributed by atoms with E-state index in [1.54, 1.807) is 0 Å². The van der Waals surface area contributed by atoms with Gasteiger partial charge in [0.2, 0.25) is 0 Å². The molecule has 0 saturated heterocycles. The second-order valence-corrected chi connectivity index (χ2v) is 5.85. The Kier molecular flexibility index (Phi) is 2.64. The molecule has 1 saturated carbocycles. The van der Waals surface area contributed by atoms with E-state index in [-0.39, 0.29) is 23.3 Å². The third-order valence-electron chi connectivity index (χ3n) is 3.77. The Morgan fingerprint density at radius 2 is 1.69 bits per heavy atom. The zero-order valence-electron chi connectivity index (χ0n) is 10.2. The first-order chi connectivity index (χ1) is 7.41. The van der Waals surface area contributed by atoms with Gasteiger partial charge < -0.3 is 0 Å². The topological polar surface area (TPSA) is 37.4 Å². The van der Waals surface area contributed by atoms with Gasteiger partial charge in [0.1, 0.15) is 0 Å². The molecule has 0 radical (unpaired) electrons. The highest BCUT2D eigenvalue weighted by Crippen LogP contribution is 2.42. The molecule has 0 bridgehead atoms. The summed E-state index contributed by atoms with van der Waals surface area (Å²) in [5.74, 6) is 0.164. The van der Waals surface area contributed by atoms with Crippen molar-refractivity contribution in [2.24, 2.45) is 11.3 Å². The van der Waals surface area contributed by atoms with E-state index in [4.69, 9.17) is 0 Å². The standard InChI is InChI=1S/C13H19NO2/c1-13(2,3)9-5-4-6-10(9)14-11(15)7-8-12(14)16/h7-10H,4-6H2,1-3H3/t9-,10+/m1/s1. The second kappa shape index (κ2) is 3.72. The van der Waals surface area contributed by atoms with Crippen molar-refractivity contribution in [3.8, 4) is 0 Å². The van der Waals surface area contributed by atoms with Gasteiger partial charge in [0, 0.05) is 18.2 Å². The third-order valence-corrected chi connectivity index (χ3v) is 3.77. The number of amides is 2. The Morgan fingerprint density at radius 3 is 2.19 bits per heavy atom. The minimum Gasteiger partial charge on any atom is -0.272 e. The molecule has 0 aromatic heterocycles. The summed E-state index contributed by atoms with van der Waals surface area (Å²) in [6.45, 7) is 6.57. The number of nitrogens with zero attached hydrogens (tertiary/aromatic N) is 1. The van der Waals surface area contributed by atoms with Crippen molar-refractivity contribution >= 4 is 11.8 Å². The lowest BCUT2D eigenvalue weighted by molar-refractivity contribution is -0.141. The van der Waals surface area contributed by atoms with Gasteiger partial charge in [-0.1, -0.05) is 27.2 Å². The molecule has 2 rings (SSSR count). The maximum Gasteiger partial charge on any atom is 0.253 e. The van der Waals surface area contributed by atoms with Gasteiger partial charge in [-0.25, -0.2) is 0 Å². The molecule has 2 amide bonds. The summed E-state index contributed by atoms with van der Waals surface area (Å²) in [6.07, 6.45) is 5.97. The molecule has 0 N–H and O–H groups in total. The van der Waals surface area contributed by atoms with Crippen LogP contribution in [0.5, 0.6) is 0 Å². The van der Waals surface area contributed by atoms with E-state index in [1.165, 1.54) is 17.1 Å². The monoisotopic (exact) mass is 221 g/mol. The van der Waals surface area contributed by atoms with E-state index < -0.39 is 0 Å². The first-order valence-electron chi connectivity index (χ1n) is 5.96. The lowest BCUT2D eigenvalue weighted by Crippen LogP contribution is -2.45. The van der Waals surface area contributed by atoms with E-state index in [0.717, 1.165) is 19.3 Å². The molecule has 16 heavy (non-hydrogen) atoms. The van der Waals surface area contributed by atoms with Gasteiger partial charge in [0.25, 0.3) is 11.8 Å². The van der Waals surface area contributed by atoms with E-state index >= 15 is 0 Å². The van der Waals surface area contributed by atoms with Crippen LogP contribution in [0.2, 0.25) is 0 Å². The number of carbonyl (C=O) groups excluding carboxylic acids is 2. The molecule has 3 heteroatoms. The van der Waals surface area contributed by atoms with E-state index in [2.05, 4.69) is 20.8 Å². The van der Waals surface area contributed by atoms with E-state index in [0.29, 0.717) is 5.92 Å². The fraction of sp³-hybridized carbons (Fsp3) is 0.692. The molecule has 3 nitrogen and oxygen atoms in total. The molecular weight excluding hydrogens is 202 g/mol. The molecule has 88 valence electrons. The Labute approximate surface area is 96.5 Å². The average molecular weight is 221 g/mol. The van der Waals surface area contributed by atoms with Crippen LogP contribution < -0.4 is 0 Å². The molecule has 2 aliphatic rings. The number of carbonyl (C=O) groups is 2. The molecule has 0 spiro atoms. The lowest BCUT2D eigenvalue weighted by atomic mass is 9.77. The fourth-order valence-electron chi connectivity index (χ4n) is 3.00. The highest BCUT2D eigenvalue weighted by Gasteiger charge is 2.43. The number of imide groups is 1. The van der Waals surface area contributed by atoms with Crippen LogP contribution >= 0.6 is 0 Å². The van der Waals surface area contributed by atoms with Crippen LogP contribution in [0.4, 0.5) is 0 Å². The van der Waals surface area contributed by atoms with Crippen molar-refractivity contribution in [1.29, 1.82) is 0 Å². The van der Waals surface area contributed by atoms with Gasteiger partial charge in [-0.2, -0.15) is 0 Å². The van der Waals surface area contributed by atoms with Gasteiger partial charge in [-0.15, -0.1) is 0 Å². The molecule has 0 unspecified atom stereocenters. The smallest absolute Gasteiger partial charge is 0.253 e. The molecule has 2 atom stereocenters. The lowest BCUT2D eigenvalue weighted by Gasteiger charge is -2.36. The van der Waals surface area contributed by atoms with Crippen LogP contribution in [0.1, 0.15) is 40.0 Å². The number of hydrogen-bond donors (Lipinski definition) is 0. The molecule has 1 heterocycles. The Morgan fingerprint density at radius 1 is 1.12 bits per heavy atom. The van der Waals surface area contributed by atoms with Crippen LogP contribution in [-0.4, -0.2) is 22.8 Å². The largest absolute Gasteiger partial charge is 0.272 e.